The summed E-state index contributed by atoms with van der Waals surface area (Å²) in [7, 11) is 3.39. The fraction of sp³-hybridized carbons (Fsp3) is 0.448. The number of methoxy groups -OCH3 is 2. The molecule has 0 bridgehead atoms. The zero-order chi connectivity index (χ0) is 27.2. The number of nitrogens with one attached hydrogen (secondary N) is 1. The maximum absolute atomic E-state index is 13.5. The predicted octanol–water partition coefficient (Wildman–Crippen LogP) is 5.57. The summed E-state index contributed by atoms with van der Waals surface area (Å²) in [5.74, 6) is -0.710. The first-order valence-electron chi connectivity index (χ1n) is 12.8. The second-order valence-corrected chi connectivity index (χ2v) is 11.4. The Labute approximate surface area is 227 Å². The lowest BCUT2D eigenvalue weighted by Crippen LogP contribution is -2.46. The lowest BCUT2D eigenvalue weighted by atomic mass is 10.00. The van der Waals surface area contributed by atoms with Crippen LogP contribution in [0, 0.1) is 0 Å². The van der Waals surface area contributed by atoms with Crippen molar-refractivity contribution in [1.29, 1.82) is 0 Å². The number of rotatable bonds is 5. The smallest absolute Gasteiger partial charge is 0.419 e. The molecule has 0 aliphatic carbocycles. The van der Waals surface area contributed by atoms with Crippen LogP contribution in [0.2, 0.25) is 5.02 Å². The molecular weight excluding hydrogens is 506 g/mol. The number of hydrogen-bond donors (Lipinski definition) is 1. The van der Waals surface area contributed by atoms with E-state index in [1.165, 1.54) is 0 Å². The monoisotopic (exact) mass is 539 g/mol. The van der Waals surface area contributed by atoms with Crippen molar-refractivity contribution in [2.75, 3.05) is 27.3 Å². The first-order valence-corrected chi connectivity index (χ1v) is 13.2. The lowest BCUT2D eigenvalue weighted by molar-refractivity contribution is -0.229. The minimum Gasteiger partial charge on any atom is -0.443 e. The third-order valence-corrected chi connectivity index (χ3v) is 7.75. The molecule has 202 valence electrons. The summed E-state index contributed by atoms with van der Waals surface area (Å²) in [4.78, 5) is 28.6. The van der Waals surface area contributed by atoms with E-state index in [4.69, 9.17) is 25.8 Å². The van der Waals surface area contributed by atoms with Gasteiger partial charge in [0.25, 0.3) is 5.91 Å². The quantitative estimate of drug-likeness (QED) is 0.427. The molecule has 5 rings (SSSR count). The van der Waals surface area contributed by atoms with Gasteiger partial charge in [-0.3, -0.25) is 9.69 Å². The highest BCUT2D eigenvalue weighted by molar-refractivity contribution is 6.32. The third-order valence-electron chi connectivity index (χ3n) is 7.39. The maximum Gasteiger partial charge on any atom is 0.419 e. The van der Waals surface area contributed by atoms with E-state index in [1.807, 2.05) is 39.0 Å². The van der Waals surface area contributed by atoms with E-state index < -0.39 is 17.5 Å². The highest BCUT2D eigenvalue weighted by Crippen LogP contribution is 2.37. The van der Waals surface area contributed by atoms with Crippen molar-refractivity contribution < 1.29 is 23.8 Å². The van der Waals surface area contributed by atoms with Crippen LogP contribution in [0.1, 0.15) is 55.1 Å². The molecule has 1 fully saturated rings. The molecule has 8 nitrogen and oxygen atoms in total. The average molecular weight is 540 g/mol. The highest BCUT2D eigenvalue weighted by Gasteiger charge is 2.34. The third kappa shape index (κ3) is 4.94. The second-order valence-electron chi connectivity index (χ2n) is 11.0. The first-order chi connectivity index (χ1) is 18.0. The van der Waals surface area contributed by atoms with E-state index in [2.05, 4.69) is 16.3 Å². The number of piperidine rings is 1. The average Bonchev–Trinajstić information content (AvgIpc) is 3.45. The van der Waals surface area contributed by atoms with Gasteiger partial charge in [0.15, 0.2) is 5.79 Å². The number of halogens is 1. The van der Waals surface area contributed by atoms with Crippen LogP contribution < -0.4 is 5.32 Å². The predicted molar refractivity (Wildman–Crippen MR) is 146 cm³/mol. The zero-order valence-corrected chi connectivity index (χ0v) is 23.3. The molecule has 1 N–H and O–H groups in total. The van der Waals surface area contributed by atoms with Crippen LogP contribution in [0.25, 0.3) is 22.2 Å². The first kappa shape index (κ1) is 26.7. The van der Waals surface area contributed by atoms with Gasteiger partial charge in [-0.05, 0) is 50.6 Å². The molecule has 3 heterocycles. The van der Waals surface area contributed by atoms with E-state index in [0.29, 0.717) is 28.4 Å². The SMILES string of the molecule is COC1(OC)CCN(Cc2ccc3c(c2)cc(-c2ccc(Cl)c4c2C(=O)NC4)n3C(=O)OC(C)(C)C)CC1. The molecule has 0 saturated carbocycles. The standard InChI is InChI=1S/C29H34ClN3O5/c1-28(2,3)38-27(35)33-23-9-6-18(17-32-12-10-29(36-4,37-5)11-13-32)14-19(23)15-24(33)20-7-8-22(30)21-16-31-26(34)25(20)21/h6-9,14-15H,10-13,16-17H2,1-5H3,(H,31,34). The zero-order valence-electron chi connectivity index (χ0n) is 22.5. The molecule has 1 aromatic heterocycles. The second kappa shape index (κ2) is 10.0. The number of carbonyl (C=O) groups is 2. The molecule has 1 saturated heterocycles. The number of amides is 1. The Morgan fingerprint density at radius 3 is 2.45 bits per heavy atom. The van der Waals surface area contributed by atoms with E-state index >= 15 is 0 Å². The summed E-state index contributed by atoms with van der Waals surface area (Å²) in [6, 6.07) is 11.6. The number of hydrogen-bond acceptors (Lipinski definition) is 6. The van der Waals surface area contributed by atoms with Crippen LogP contribution in [0.5, 0.6) is 0 Å². The van der Waals surface area contributed by atoms with Crippen molar-refractivity contribution in [1.82, 2.24) is 14.8 Å². The summed E-state index contributed by atoms with van der Waals surface area (Å²) in [5, 5.41) is 4.27. The summed E-state index contributed by atoms with van der Waals surface area (Å²) >= 11 is 6.40. The van der Waals surface area contributed by atoms with E-state index in [-0.39, 0.29) is 5.91 Å². The molecular formula is C29H34ClN3O5. The lowest BCUT2D eigenvalue weighted by Gasteiger charge is -2.39. The summed E-state index contributed by atoms with van der Waals surface area (Å²) < 4.78 is 18.6. The molecule has 1 amide bonds. The molecule has 38 heavy (non-hydrogen) atoms. The van der Waals surface area contributed by atoms with Crippen LogP contribution in [0.15, 0.2) is 36.4 Å². The Hall–Kier alpha value is -2.91. The van der Waals surface area contributed by atoms with Crippen molar-refractivity contribution in [3.8, 4) is 11.3 Å². The number of likely N-dealkylation sites (tertiary alicyclic amines) is 1. The molecule has 0 unspecified atom stereocenters. The van der Waals surface area contributed by atoms with Crippen molar-refractivity contribution in [3.05, 3.63) is 58.1 Å². The van der Waals surface area contributed by atoms with Gasteiger partial charge in [0.1, 0.15) is 5.60 Å². The Morgan fingerprint density at radius 1 is 1.08 bits per heavy atom. The molecule has 0 radical (unpaired) electrons. The van der Waals surface area contributed by atoms with Gasteiger partial charge in [0, 0.05) is 74.8 Å². The topological polar surface area (TPSA) is 82.0 Å². The number of benzene rings is 2. The van der Waals surface area contributed by atoms with E-state index in [1.54, 1.807) is 30.9 Å². The Morgan fingerprint density at radius 2 is 1.79 bits per heavy atom. The molecule has 2 aliphatic rings. The van der Waals surface area contributed by atoms with Gasteiger partial charge in [-0.15, -0.1) is 0 Å². The van der Waals surface area contributed by atoms with E-state index in [0.717, 1.165) is 54.5 Å². The van der Waals surface area contributed by atoms with Crippen LogP contribution in [0.4, 0.5) is 4.79 Å². The number of aromatic nitrogens is 1. The number of carbonyl (C=O) groups excluding carboxylic acids is 2. The van der Waals surface area contributed by atoms with Crippen molar-refractivity contribution in [2.45, 2.75) is 58.1 Å². The Kier molecular flexibility index (Phi) is 7.02. The summed E-state index contributed by atoms with van der Waals surface area (Å²) in [5.41, 5.74) is 3.65. The number of nitrogens with zero attached hydrogens (tertiary/aromatic N) is 2. The molecule has 2 aliphatic heterocycles. The Balaban J connectivity index is 1.54. The molecule has 3 aromatic rings. The maximum atomic E-state index is 13.5. The van der Waals surface area contributed by atoms with Crippen LogP contribution in [0.3, 0.4) is 0 Å². The number of ether oxygens (including phenoxy) is 3. The minimum atomic E-state index is -0.682. The van der Waals surface area contributed by atoms with E-state index in [9.17, 15) is 9.59 Å². The molecule has 0 spiro atoms. The number of fused-ring (bicyclic) bond motifs is 2. The van der Waals surface area contributed by atoms with Crippen LogP contribution in [-0.2, 0) is 27.3 Å². The van der Waals surface area contributed by atoms with Crippen LogP contribution >= 0.6 is 11.6 Å². The van der Waals surface area contributed by atoms with Gasteiger partial charge in [0.2, 0.25) is 0 Å². The fourth-order valence-corrected chi connectivity index (χ4v) is 5.62. The summed E-state index contributed by atoms with van der Waals surface area (Å²) in [6.07, 6.45) is 1.10. The normalized spacial score (nSPS) is 17.5. The van der Waals surface area contributed by atoms with Crippen molar-refractivity contribution >= 4 is 34.5 Å². The fourth-order valence-electron chi connectivity index (χ4n) is 5.39. The summed E-state index contributed by atoms with van der Waals surface area (Å²) in [6.45, 7) is 8.35. The van der Waals surface area contributed by atoms with Crippen molar-refractivity contribution in [2.24, 2.45) is 0 Å². The van der Waals surface area contributed by atoms with Gasteiger partial charge < -0.3 is 19.5 Å². The molecule has 2 aromatic carbocycles. The molecule has 0 atom stereocenters. The highest BCUT2D eigenvalue weighted by atomic mass is 35.5. The molecule has 9 heteroatoms. The van der Waals surface area contributed by atoms with Gasteiger partial charge in [-0.2, -0.15) is 0 Å². The van der Waals surface area contributed by atoms with Gasteiger partial charge in [-0.1, -0.05) is 23.7 Å². The largest absolute Gasteiger partial charge is 0.443 e. The van der Waals surface area contributed by atoms with Crippen molar-refractivity contribution in [3.63, 3.8) is 0 Å². The van der Waals surface area contributed by atoms with Gasteiger partial charge in [-0.25, -0.2) is 9.36 Å². The minimum absolute atomic E-state index is 0.201. The van der Waals surface area contributed by atoms with Gasteiger partial charge in [0.05, 0.1) is 16.8 Å². The van der Waals surface area contributed by atoms with Crippen LogP contribution in [-0.4, -0.2) is 60.2 Å². The van der Waals surface area contributed by atoms with Gasteiger partial charge >= 0.3 is 6.09 Å². The Bertz CT molecular complexity index is 1390.